The van der Waals surface area contributed by atoms with E-state index in [0.717, 1.165) is 51.6 Å². The number of benzene rings is 1. The molecule has 1 saturated heterocycles. The lowest BCUT2D eigenvalue weighted by Gasteiger charge is -2.18. The Morgan fingerprint density at radius 2 is 2.07 bits per heavy atom. The van der Waals surface area contributed by atoms with E-state index in [9.17, 15) is 0 Å². The first kappa shape index (κ1) is 21.5. The van der Waals surface area contributed by atoms with Gasteiger partial charge in [0.2, 0.25) is 0 Å². The molecule has 1 atom stereocenters. The molecule has 0 saturated carbocycles. The maximum Gasteiger partial charge on any atom is 0.191 e. The van der Waals surface area contributed by atoms with Crippen LogP contribution in [0.15, 0.2) is 53.8 Å². The molecule has 0 radical (unpaired) electrons. The van der Waals surface area contributed by atoms with E-state index in [-0.39, 0.29) is 24.0 Å². The van der Waals surface area contributed by atoms with Crippen molar-refractivity contribution in [2.24, 2.45) is 10.9 Å². The van der Waals surface area contributed by atoms with E-state index in [4.69, 9.17) is 4.99 Å². The zero-order valence-electron chi connectivity index (χ0n) is 16.1. The minimum Gasteiger partial charge on any atom is -0.371 e. The molecule has 2 aromatic rings. The van der Waals surface area contributed by atoms with E-state index in [1.165, 1.54) is 12.1 Å². The van der Waals surface area contributed by atoms with Crippen molar-refractivity contribution in [3.8, 4) is 0 Å². The molecule has 0 spiro atoms. The van der Waals surface area contributed by atoms with Crippen LogP contribution in [0.1, 0.15) is 19.8 Å². The molecule has 1 aliphatic heterocycles. The van der Waals surface area contributed by atoms with Gasteiger partial charge in [-0.25, -0.2) is 0 Å². The average Bonchev–Trinajstić information content (AvgIpc) is 3.36. The number of halogens is 1. The summed E-state index contributed by atoms with van der Waals surface area (Å²) in [5.74, 6) is 1.54. The molecule has 1 aromatic carbocycles. The third-order valence-electron chi connectivity index (χ3n) is 4.67. The summed E-state index contributed by atoms with van der Waals surface area (Å²) in [4.78, 5) is 7.27. The van der Waals surface area contributed by atoms with Crippen LogP contribution in [-0.2, 0) is 6.54 Å². The summed E-state index contributed by atoms with van der Waals surface area (Å²) in [6.07, 6.45) is 6.05. The van der Waals surface area contributed by atoms with Crippen molar-refractivity contribution in [3.05, 3.63) is 48.8 Å². The van der Waals surface area contributed by atoms with E-state index in [1.807, 2.05) is 23.1 Å². The Balaban J connectivity index is 0.00000261. The number of aliphatic imine (C=N–C) groups is 1. The first-order valence-corrected chi connectivity index (χ1v) is 9.64. The molecule has 148 valence electrons. The van der Waals surface area contributed by atoms with Crippen molar-refractivity contribution in [3.63, 3.8) is 0 Å². The number of nitrogens with one attached hydrogen (secondary N) is 2. The fourth-order valence-electron chi connectivity index (χ4n) is 3.30. The number of hydrogen-bond donors (Lipinski definition) is 2. The lowest BCUT2D eigenvalue weighted by molar-refractivity contribution is 0.567. The first-order chi connectivity index (χ1) is 12.8. The number of rotatable bonds is 8. The molecule has 7 heteroatoms. The van der Waals surface area contributed by atoms with Gasteiger partial charge >= 0.3 is 0 Å². The van der Waals surface area contributed by atoms with Gasteiger partial charge in [0.05, 0.1) is 0 Å². The third kappa shape index (κ3) is 7.04. The molecule has 0 bridgehead atoms. The van der Waals surface area contributed by atoms with Crippen molar-refractivity contribution in [2.75, 3.05) is 37.6 Å². The fourth-order valence-corrected chi connectivity index (χ4v) is 3.30. The van der Waals surface area contributed by atoms with Crippen LogP contribution in [0.2, 0.25) is 0 Å². The van der Waals surface area contributed by atoms with Gasteiger partial charge in [-0.05, 0) is 43.9 Å². The van der Waals surface area contributed by atoms with Crippen LogP contribution in [0.4, 0.5) is 5.69 Å². The van der Waals surface area contributed by atoms with Crippen molar-refractivity contribution in [1.29, 1.82) is 0 Å². The number of hydrogen-bond acceptors (Lipinski definition) is 3. The van der Waals surface area contributed by atoms with Crippen LogP contribution in [0.3, 0.4) is 0 Å². The second-order valence-electron chi connectivity index (χ2n) is 6.71. The molecule has 6 nitrogen and oxygen atoms in total. The summed E-state index contributed by atoms with van der Waals surface area (Å²) in [7, 11) is 0. The summed E-state index contributed by atoms with van der Waals surface area (Å²) in [6, 6.07) is 12.6. The van der Waals surface area contributed by atoms with Gasteiger partial charge in [-0.1, -0.05) is 18.2 Å². The van der Waals surface area contributed by atoms with Crippen molar-refractivity contribution in [1.82, 2.24) is 20.4 Å². The predicted molar refractivity (Wildman–Crippen MR) is 123 cm³/mol. The maximum atomic E-state index is 4.80. The molecule has 1 aliphatic rings. The van der Waals surface area contributed by atoms with Gasteiger partial charge in [-0.15, -0.1) is 24.0 Å². The Morgan fingerprint density at radius 3 is 2.81 bits per heavy atom. The standard InChI is InChI=1S/C20H30N6.HI/c1-2-21-20(22-11-6-13-26-14-7-12-24-26)23-16-18-10-15-25(17-18)19-8-4-3-5-9-19;/h3-5,7-9,12,14,18H,2,6,10-11,13,15-17H2,1H3,(H2,21,22,23);1H. The molecule has 1 unspecified atom stereocenters. The molecule has 2 heterocycles. The Kier molecular flexibility index (Phi) is 9.44. The quantitative estimate of drug-likeness (QED) is 0.263. The van der Waals surface area contributed by atoms with Crippen LogP contribution >= 0.6 is 24.0 Å². The second-order valence-corrected chi connectivity index (χ2v) is 6.71. The highest BCUT2D eigenvalue weighted by atomic mass is 127. The molecule has 1 aromatic heterocycles. The Morgan fingerprint density at radius 1 is 1.22 bits per heavy atom. The minimum absolute atomic E-state index is 0. The highest BCUT2D eigenvalue weighted by Crippen LogP contribution is 2.23. The lowest BCUT2D eigenvalue weighted by Crippen LogP contribution is -2.38. The molecule has 3 rings (SSSR count). The van der Waals surface area contributed by atoms with Crippen molar-refractivity contribution in [2.45, 2.75) is 26.3 Å². The van der Waals surface area contributed by atoms with Gasteiger partial charge in [0.1, 0.15) is 0 Å². The molecule has 2 N–H and O–H groups in total. The topological polar surface area (TPSA) is 57.5 Å². The van der Waals surface area contributed by atoms with Gasteiger partial charge in [0.25, 0.3) is 0 Å². The zero-order chi connectivity index (χ0) is 18.0. The van der Waals surface area contributed by atoms with Gasteiger partial charge < -0.3 is 15.5 Å². The molecular weight excluding hydrogens is 451 g/mol. The van der Waals surface area contributed by atoms with Crippen LogP contribution in [-0.4, -0.2) is 48.5 Å². The number of guanidine groups is 1. The van der Waals surface area contributed by atoms with E-state index < -0.39 is 0 Å². The summed E-state index contributed by atoms with van der Waals surface area (Å²) < 4.78 is 1.96. The highest BCUT2D eigenvalue weighted by molar-refractivity contribution is 14.0. The van der Waals surface area contributed by atoms with Crippen LogP contribution in [0.25, 0.3) is 0 Å². The van der Waals surface area contributed by atoms with Gasteiger partial charge in [-0.3, -0.25) is 9.67 Å². The Hall–Kier alpha value is -1.77. The second kappa shape index (κ2) is 11.8. The SMILES string of the molecule is CCNC(=NCC1CCN(c2ccccc2)C1)NCCCn1cccn1.I. The third-order valence-corrected chi connectivity index (χ3v) is 4.67. The lowest BCUT2D eigenvalue weighted by atomic mass is 10.1. The average molecular weight is 482 g/mol. The summed E-state index contributed by atoms with van der Waals surface area (Å²) in [6.45, 7) is 7.89. The summed E-state index contributed by atoms with van der Waals surface area (Å²) >= 11 is 0. The molecule has 27 heavy (non-hydrogen) atoms. The maximum absolute atomic E-state index is 4.80. The Labute approximate surface area is 179 Å². The summed E-state index contributed by atoms with van der Waals surface area (Å²) in [5.41, 5.74) is 1.32. The van der Waals surface area contributed by atoms with Crippen LogP contribution in [0.5, 0.6) is 0 Å². The van der Waals surface area contributed by atoms with Gasteiger partial charge in [0, 0.05) is 57.3 Å². The van der Waals surface area contributed by atoms with Gasteiger partial charge in [-0.2, -0.15) is 5.10 Å². The van der Waals surface area contributed by atoms with E-state index in [1.54, 1.807) is 0 Å². The van der Waals surface area contributed by atoms with Gasteiger partial charge in [0.15, 0.2) is 5.96 Å². The van der Waals surface area contributed by atoms with Crippen molar-refractivity contribution < 1.29 is 0 Å². The van der Waals surface area contributed by atoms with Crippen molar-refractivity contribution >= 4 is 35.6 Å². The fraction of sp³-hybridized carbons (Fsp3) is 0.500. The first-order valence-electron chi connectivity index (χ1n) is 9.64. The highest BCUT2D eigenvalue weighted by Gasteiger charge is 2.22. The monoisotopic (exact) mass is 482 g/mol. The molecule has 0 aliphatic carbocycles. The number of aromatic nitrogens is 2. The van der Waals surface area contributed by atoms with E-state index in [0.29, 0.717) is 5.92 Å². The zero-order valence-corrected chi connectivity index (χ0v) is 18.4. The van der Waals surface area contributed by atoms with E-state index >= 15 is 0 Å². The normalized spacial score (nSPS) is 16.9. The van der Waals surface area contributed by atoms with E-state index in [2.05, 4.69) is 57.9 Å². The molecule has 1 fully saturated rings. The number of aryl methyl sites for hydroxylation is 1. The molecular formula is C20H31IN6. The minimum atomic E-state index is 0. The smallest absolute Gasteiger partial charge is 0.191 e. The van der Waals surface area contributed by atoms with Crippen LogP contribution < -0.4 is 15.5 Å². The van der Waals surface area contributed by atoms with Crippen LogP contribution in [0, 0.1) is 5.92 Å². The predicted octanol–water partition coefficient (Wildman–Crippen LogP) is 2.97. The number of nitrogens with zero attached hydrogens (tertiary/aromatic N) is 4. The number of anilines is 1. The largest absolute Gasteiger partial charge is 0.371 e. The number of para-hydroxylation sites is 1. The Bertz CT molecular complexity index is 658. The molecule has 0 amide bonds. The summed E-state index contributed by atoms with van der Waals surface area (Å²) in [5, 5.41) is 11.0.